The maximum atomic E-state index is 10.1. The summed E-state index contributed by atoms with van der Waals surface area (Å²) in [4.78, 5) is 29.7. The summed E-state index contributed by atoms with van der Waals surface area (Å²) in [7, 11) is 0. The number of carboxylic acids is 2. The number of carbonyl (C=O) groups is 3. The first-order chi connectivity index (χ1) is 9.26. The highest BCUT2D eigenvalue weighted by Crippen LogP contribution is 1.95. The molecule has 0 fully saturated rings. The molecule has 0 atom stereocenters. The lowest BCUT2D eigenvalue weighted by Gasteiger charge is -1.91. The molecule has 2 N–H and O–H groups in total. The number of rotatable bonds is 5. The van der Waals surface area contributed by atoms with E-state index in [0.717, 1.165) is 6.08 Å². The lowest BCUT2D eigenvalue weighted by atomic mass is 10.2. The van der Waals surface area contributed by atoms with Gasteiger partial charge in [-0.2, -0.15) is 5.26 Å². The van der Waals surface area contributed by atoms with Crippen molar-refractivity contribution >= 4 is 17.9 Å². The number of hydrogen-bond donors (Lipinski definition) is 2. The molecule has 0 unspecified atom stereocenters. The second kappa shape index (κ2) is 16.1. The zero-order chi connectivity index (χ0) is 16.6. The smallest absolute Gasteiger partial charge is 0.331 e. The van der Waals surface area contributed by atoms with E-state index in [1.54, 1.807) is 13.0 Å². The van der Waals surface area contributed by atoms with Crippen molar-refractivity contribution in [2.45, 2.75) is 13.3 Å². The lowest BCUT2D eigenvalue weighted by Crippen LogP contribution is -2.04. The summed E-state index contributed by atoms with van der Waals surface area (Å²) in [5.41, 5.74) is -0.303. The van der Waals surface area contributed by atoms with E-state index < -0.39 is 18.4 Å². The molecule has 0 saturated heterocycles. The molecule has 0 aromatic rings. The molecule has 0 radical (unpaired) electrons. The van der Waals surface area contributed by atoms with Crippen LogP contribution in [0.2, 0.25) is 0 Å². The van der Waals surface area contributed by atoms with Gasteiger partial charge >= 0.3 is 17.9 Å². The standard InChI is InChI=1S/C5H6O4.C5H8O2.C3H3N/c1-3(5(8)9)2-4(6)7;1-3-5(6)7-4-2;1-2-3-4/h1-2H2,(H,6,7)(H,8,9);3H,1,4H2,2H3;2H,1H2. The second-order valence-electron chi connectivity index (χ2n) is 2.77. The Morgan fingerprint density at radius 2 is 1.75 bits per heavy atom. The van der Waals surface area contributed by atoms with Gasteiger partial charge in [0.1, 0.15) is 0 Å². The number of nitriles is 1. The van der Waals surface area contributed by atoms with Crippen LogP contribution in [0.15, 0.2) is 37.5 Å². The van der Waals surface area contributed by atoms with Crippen molar-refractivity contribution in [3.8, 4) is 6.07 Å². The minimum absolute atomic E-state index is 0.303. The van der Waals surface area contributed by atoms with Gasteiger partial charge in [0.2, 0.25) is 0 Å². The van der Waals surface area contributed by atoms with E-state index in [-0.39, 0.29) is 11.5 Å². The van der Waals surface area contributed by atoms with Gasteiger partial charge in [-0.05, 0) is 6.92 Å². The van der Waals surface area contributed by atoms with Crippen LogP contribution in [-0.2, 0) is 19.1 Å². The van der Waals surface area contributed by atoms with E-state index in [0.29, 0.717) is 6.61 Å². The van der Waals surface area contributed by atoms with Crippen LogP contribution in [0.4, 0.5) is 0 Å². The van der Waals surface area contributed by atoms with Crippen LogP contribution in [0.25, 0.3) is 0 Å². The fraction of sp³-hybridized carbons (Fsp3) is 0.231. The molecule has 0 aliphatic rings. The predicted octanol–water partition coefficient (Wildman–Crippen LogP) is 1.53. The van der Waals surface area contributed by atoms with Crippen LogP contribution in [0.5, 0.6) is 0 Å². The molecule has 0 aromatic heterocycles. The average molecular weight is 283 g/mol. The van der Waals surface area contributed by atoms with Gasteiger partial charge in [-0.25, -0.2) is 9.59 Å². The van der Waals surface area contributed by atoms with Crippen LogP contribution >= 0.6 is 0 Å². The number of nitrogens with zero attached hydrogens (tertiary/aromatic N) is 1. The third-order valence-corrected chi connectivity index (χ3v) is 1.21. The van der Waals surface area contributed by atoms with Gasteiger partial charge in [0.25, 0.3) is 0 Å². The summed E-state index contributed by atoms with van der Waals surface area (Å²) in [5.74, 6) is -2.80. The molecule has 0 heterocycles. The molecular weight excluding hydrogens is 266 g/mol. The largest absolute Gasteiger partial charge is 0.481 e. The first-order valence-electron chi connectivity index (χ1n) is 5.19. The zero-order valence-electron chi connectivity index (χ0n) is 11.2. The van der Waals surface area contributed by atoms with E-state index in [1.165, 1.54) is 6.08 Å². The van der Waals surface area contributed by atoms with Crippen LogP contribution in [0.1, 0.15) is 13.3 Å². The quantitative estimate of drug-likeness (QED) is 0.445. The van der Waals surface area contributed by atoms with Crippen molar-refractivity contribution in [3.05, 3.63) is 37.5 Å². The average Bonchev–Trinajstić information content (AvgIpc) is 2.39. The number of ether oxygens (including phenoxy) is 1. The van der Waals surface area contributed by atoms with Crippen LogP contribution < -0.4 is 0 Å². The zero-order valence-corrected chi connectivity index (χ0v) is 11.2. The Balaban J connectivity index is -0.000000234. The summed E-state index contributed by atoms with van der Waals surface area (Å²) in [6.07, 6.45) is 1.82. The number of hydrogen-bond acceptors (Lipinski definition) is 5. The van der Waals surface area contributed by atoms with Gasteiger partial charge in [-0.1, -0.05) is 19.7 Å². The van der Waals surface area contributed by atoms with Crippen molar-refractivity contribution in [1.29, 1.82) is 5.26 Å². The lowest BCUT2D eigenvalue weighted by molar-refractivity contribution is -0.139. The Kier molecular flexibility index (Phi) is 18.0. The summed E-state index contributed by atoms with van der Waals surface area (Å²) in [5, 5.41) is 23.6. The van der Waals surface area contributed by atoms with Gasteiger partial charge < -0.3 is 14.9 Å². The van der Waals surface area contributed by atoms with Crippen molar-refractivity contribution < 1.29 is 29.3 Å². The summed E-state index contributed by atoms with van der Waals surface area (Å²) in [6, 6.07) is 1.69. The maximum absolute atomic E-state index is 10.1. The van der Waals surface area contributed by atoms with E-state index >= 15 is 0 Å². The Bertz CT molecular complexity index is 406. The van der Waals surface area contributed by atoms with E-state index in [4.69, 9.17) is 15.5 Å². The van der Waals surface area contributed by atoms with Gasteiger partial charge in [0.05, 0.1) is 19.1 Å². The fourth-order valence-corrected chi connectivity index (χ4v) is 0.459. The molecule has 0 aliphatic carbocycles. The number of esters is 1. The minimum Gasteiger partial charge on any atom is -0.481 e. The van der Waals surface area contributed by atoms with Crippen molar-refractivity contribution in [1.82, 2.24) is 0 Å². The molecule has 7 nitrogen and oxygen atoms in total. The Morgan fingerprint density at radius 3 is 1.85 bits per heavy atom. The monoisotopic (exact) mass is 283 g/mol. The third-order valence-electron chi connectivity index (χ3n) is 1.21. The van der Waals surface area contributed by atoms with Gasteiger partial charge in [0.15, 0.2) is 0 Å². The SMILES string of the molecule is C=C(CC(=O)O)C(=O)O.C=CC#N.C=CC(=O)OCC. The molecule has 0 spiro atoms. The van der Waals surface area contributed by atoms with Crippen LogP contribution in [-0.4, -0.2) is 34.7 Å². The first kappa shape index (κ1) is 22.3. The first-order valence-corrected chi connectivity index (χ1v) is 5.19. The molecule has 0 rings (SSSR count). The molecule has 7 heteroatoms. The topological polar surface area (TPSA) is 125 Å². The number of carbonyl (C=O) groups excluding carboxylic acids is 1. The maximum Gasteiger partial charge on any atom is 0.331 e. The highest BCUT2D eigenvalue weighted by molar-refractivity contribution is 5.91. The van der Waals surface area contributed by atoms with Crippen LogP contribution in [0.3, 0.4) is 0 Å². The van der Waals surface area contributed by atoms with E-state index in [2.05, 4.69) is 24.5 Å². The molecule has 20 heavy (non-hydrogen) atoms. The third kappa shape index (κ3) is 24.4. The van der Waals surface area contributed by atoms with E-state index in [1.807, 2.05) is 0 Å². The summed E-state index contributed by atoms with van der Waals surface area (Å²) in [6.45, 7) is 11.5. The molecule has 0 aromatic carbocycles. The molecule has 0 bridgehead atoms. The summed E-state index contributed by atoms with van der Waals surface area (Å²) < 4.78 is 4.43. The Morgan fingerprint density at radius 1 is 1.30 bits per heavy atom. The summed E-state index contributed by atoms with van der Waals surface area (Å²) >= 11 is 0. The normalized spacial score (nSPS) is 7.20. The highest BCUT2D eigenvalue weighted by atomic mass is 16.5. The number of carboxylic acid groups (broad SMARTS) is 2. The van der Waals surface area contributed by atoms with E-state index in [9.17, 15) is 14.4 Å². The Labute approximate surface area is 117 Å². The highest BCUT2D eigenvalue weighted by Gasteiger charge is 2.07. The molecular formula is C13H17NO6. The fourth-order valence-electron chi connectivity index (χ4n) is 0.459. The second-order valence-corrected chi connectivity index (χ2v) is 2.77. The van der Waals surface area contributed by atoms with Crippen molar-refractivity contribution in [2.75, 3.05) is 6.61 Å². The molecule has 0 amide bonds. The number of allylic oxidation sites excluding steroid dienone is 1. The van der Waals surface area contributed by atoms with Gasteiger partial charge in [-0.15, -0.1) is 0 Å². The molecule has 0 saturated carbocycles. The van der Waals surface area contributed by atoms with Gasteiger partial charge in [0, 0.05) is 17.7 Å². The van der Waals surface area contributed by atoms with Crippen molar-refractivity contribution in [3.63, 3.8) is 0 Å². The molecule has 0 aliphatic heterocycles. The minimum atomic E-state index is -1.27. The predicted molar refractivity (Wildman–Crippen MR) is 71.7 cm³/mol. The Hall–Kier alpha value is -2.88. The van der Waals surface area contributed by atoms with Crippen molar-refractivity contribution in [2.24, 2.45) is 0 Å². The van der Waals surface area contributed by atoms with Gasteiger partial charge in [-0.3, -0.25) is 4.79 Å². The van der Waals surface area contributed by atoms with Crippen LogP contribution in [0, 0.1) is 11.3 Å². The number of aliphatic carboxylic acids is 2. The molecule has 110 valence electrons.